The Hall–Kier alpha value is -2.36. The molecule has 0 bridgehead atoms. The van der Waals surface area contributed by atoms with Crippen LogP contribution in [0.5, 0.6) is 0 Å². The summed E-state index contributed by atoms with van der Waals surface area (Å²) in [6.45, 7) is 7.81. The van der Waals surface area contributed by atoms with E-state index in [2.05, 4.69) is 60.6 Å². The van der Waals surface area contributed by atoms with Gasteiger partial charge >= 0.3 is 0 Å². The summed E-state index contributed by atoms with van der Waals surface area (Å²) in [7, 11) is 0. The summed E-state index contributed by atoms with van der Waals surface area (Å²) in [5, 5.41) is 8.82. The van der Waals surface area contributed by atoms with Crippen molar-refractivity contribution in [2.24, 2.45) is 0 Å². The number of hydrogen-bond acceptors (Lipinski definition) is 2. The van der Waals surface area contributed by atoms with Crippen LogP contribution in [0.1, 0.15) is 28.1 Å². The van der Waals surface area contributed by atoms with Crippen molar-refractivity contribution in [3.63, 3.8) is 0 Å². The van der Waals surface area contributed by atoms with Gasteiger partial charge in [-0.2, -0.15) is 10.2 Å². The van der Waals surface area contributed by atoms with Crippen LogP contribution in [0.4, 0.5) is 0 Å². The van der Waals surface area contributed by atoms with Crippen LogP contribution in [-0.4, -0.2) is 19.6 Å². The van der Waals surface area contributed by atoms with Crippen LogP contribution in [0.2, 0.25) is 0 Å². The lowest BCUT2D eigenvalue weighted by molar-refractivity contribution is 0.657. The van der Waals surface area contributed by atoms with Crippen molar-refractivity contribution in [2.75, 3.05) is 0 Å². The summed E-state index contributed by atoms with van der Waals surface area (Å²) in [5.41, 5.74) is 5.98. The van der Waals surface area contributed by atoms with Crippen LogP contribution in [0, 0.1) is 20.8 Å². The number of hydrogen-bond donors (Lipinski definition) is 0. The van der Waals surface area contributed by atoms with Gasteiger partial charge in [0, 0.05) is 11.9 Å². The summed E-state index contributed by atoms with van der Waals surface area (Å²) in [4.78, 5) is 0. The van der Waals surface area contributed by atoms with E-state index < -0.39 is 0 Å². The molecule has 2 heterocycles. The van der Waals surface area contributed by atoms with Gasteiger partial charge in [-0.15, -0.1) is 0 Å². The van der Waals surface area contributed by atoms with Crippen molar-refractivity contribution in [1.82, 2.24) is 19.6 Å². The van der Waals surface area contributed by atoms with Crippen molar-refractivity contribution in [1.29, 1.82) is 0 Å². The first-order valence-corrected chi connectivity index (χ1v) is 7.18. The fraction of sp³-hybridized carbons (Fsp3) is 0.294. The molecule has 0 radical (unpaired) electrons. The van der Waals surface area contributed by atoms with Gasteiger partial charge in [-0.3, -0.25) is 9.36 Å². The van der Waals surface area contributed by atoms with Gasteiger partial charge < -0.3 is 0 Å². The summed E-state index contributed by atoms with van der Waals surface area (Å²) >= 11 is 0. The Bertz CT molecular complexity index is 734. The second kappa shape index (κ2) is 5.56. The van der Waals surface area contributed by atoms with Crippen LogP contribution >= 0.6 is 0 Å². The maximum atomic E-state index is 4.50. The van der Waals surface area contributed by atoms with Gasteiger partial charge in [0.1, 0.15) is 0 Å². The molecule has 0 atom stereocenters. The van der Waals surface area contributed by atoms with E-state index in [4.69, 9.17) is 0 Å². The van der Waals surface area contributed by atoms with E-state index in [1.807, 2.05) is 22.5 Å². The lowest BCUT2D eigenvalue weighted by Crippen LogP contribution is -2.04. The monoisotopic (exact) mass is 280 g/mol. The van der Waals surface area contributed by atoms with Gasteiger partial charge in [0.25, 0.3) is 0 Å². The molecule has 0 aliphatic heterocycles. The minimum Gasteiger partial charge on any atom is -0.268 e. The van der Waals surface area contributed by atoms with Crippen molar-refractivity contribution in [3.05, 3.63) is 70.8 Å². The highest BCUT2D eigenvalue weighted by molar-refractivity contribution is 5.23. The molecule has 1 aromatic carbocycles. The third-order valence-electron chi connectivity index (χ3n) is 3.57. The van der Waals surface area contributed by atoms with Crippen LogP contribution < -0.4 is 0 Å². The van der Waals surface area contributed by atoms with Gasteiger partial charge in [-0.05, 0) is 43.5 Å². The molecule has 3 aromatic rings. The Morgan fingerprint density at radius 2 is 1.62 bits per heavy atom. The molecule has 4 nitrogen and oxygen atoms in total. The Balaban J connectivity index is 1.70. The summed E-state index contributed by atoms with van der Waals surface area (Å²) < 4.78 is 4.01. The van der Waals surface area contributed by atoms with Crippen molar-refractivity contribution in [3.8, 4) is 0 Å². The van der Waals surface area contributed by atoms with Gasteiger partial charge in [-0.25, -0.2) is 0 Å². The lowest BCUT2D eigenvalue weighted by atomic mass is 10.1. The van der Waals surface area contributed by atoms with E-state index in [1.54, 1.807) is 0 Å². The van der Waals surface area contributed by atoms with Gasteiger partial charge in [-0.1, -0.05) is 24.3 Å². The smallest absolute Gasteiger partial charge is 0.0662 e. The number of rotatable bonds is 4. The second-order valence-corrected chi connectivity index (χ2v) is 5.62. The molecule has 0 unspecified atom stereocenters. The molecule has 4 heteroatoms. The molecule has 0 aliphatic rings. The zero-order valence-electron chi connectivity index (χ0n) is 12.7. The summed E-state index contributed by atoms with van der Waals surface area (Å²) in [6, 6.07) is 10.8. The minimum atomic E-state index is 0.814. The Morgan fingerprint density at radius 1 is 0.952 bits per heavy atom. The predicted molar refractivity (Wildman–Crippen MR) is 83.3 cm³/mol. The third-order valence-corrected chi connectivity index (χ3v) is 3.57. The molecule has 0 N–H and O–H groups in total. The molecule has 0 saturated carbocycles. The zero-order chi connectivity index (χ0) is 14.8. The maximum Gasteiger partial charge on any atom is 0.0662 e. The predicted octanol–water partition coefficient (Wildman–Crippen LogP) is 3.10. The van der Waals surface area contributed by atoms with Crippen LogP contribution in [0.25, 0.3) is 0 Å². The van der Waals surface area contributed by atoms with Crippen LogP contribution in [0.15, 0.2) is 42.7 Å². The van der Waals surface area contributed by atoms with Gasteiger partial charge in [0.2, 0.25) is 0 Å². The molecule has 0 spiro atoms. The van der Waals surface area contributed by atoms with Crippen LogP contribution in [-0.2, 0) is 13.1 Å². The van der Waals surface area contributed by atoms with E-state index in [9.17, 15) is 0 Å². The average Bonchev–Trinajstić information content (AvgIpc) is 2.98. The molecular weight excluding hydrogens is 260 g/mol. The highest BCUT2D eigenvalue weighted by Crippen LogP contribution is 2.10. The Labute approximate surface area is 125 Å². The highest BCUT2D eigenvalue weighted by Gasteiger charge is 2.03. The standard InChI is InChI=1S/C17H20N4/c1-13-9-18-20(10-13)11-16-4-6-17(7-5-16)12-21-15(3)8-14(2)19-21/h4-10H,11-12H2,1-3H3. The SMILES string of the molecule is Cc1cnn(Cc2ccc(Cn3nc(C)cc3C)cc2)c1. The number of aryl methyl sites for hydroxylation is 3. The molecule has 0 fully saturated rings. The van der Waals surface area contributed by atoms with Crippen molar-refractivity contribution < 1.29 is 0 Å². The molecule has 0 saturated heterocycles. The van der Waals surface area contributed by atoms with E-state index >= 15 is 0 Å². The Kier molecular flexibility index (Phi) is 3.60. The van der Waals surface area contributed by atoms with Gasteiger partial charge in [0.05, 0.1) is 25.0 Å². The molecule has 3 rings (SSSR count). The molecule has 2 aromatic heterocycles. The maximum absolute atomic E-state index is 4.50. The van der Waals surface area contributed by atoms with E-state index in [0.29, 0.717) is 0 Å². The summed E-state index contributed by atoms with van der Waals surface area (Å²) in [6.07, 6.45) is 3.95. The number of benzene rings is 1. The quantitative estimate of drug-likeness (QED) is 0.736. The largest absolute Gasteiger partial charge is 0.268 e. The Morgan fingerprint density at radius 3 is 2.14 bits per heavy atom. The number of nitrogens with zero attached hydrogens (tertiary/aromatic N) is 4. The summed E-state index contributed by atoms with van der Waals surface area (Å²) in [5.74, 6) is 0. The highest BCUT2D eigenvalue weighted by atomic mass is 15.3. The normalized spacial score (nSPS) is 11.0. The molecule has 108 valence electrons. The molecule has 0 amide bonds. The fourth-order valence-corrected chi connectivity index (χ4v) is 2.50. The van der Waals surface area contributed by atoms with E-state index in [-0.39, 0.29) is 0 Å². The first-order chi connectivity index (χ1) is 10.1. The number of aromatic nitrogens is 4. The lowest BCUT2D eigenvalue weighted by Gasteiger charge is -2.07. The molecule has 21 heavy (non-hydrogen) atoms. The first kappa shape index (κ1) is 13.6. The molecular formula is C17H20N4. The second-order valence-electron chi connectivity index (χ2n) is 5.62. The zero-order valence-corrected chi connectivity index (χ0v) is 12.7. The van der Waals surface area contributed by atoms with E-state index in [1.165, 1.54) is 22.4 Å². The topological polar surface area (TPSA) is 35.6 Å². The third kappa shape index (κ3) is 3.21. The van der Waals surface area contributed by atoms with E-state index in [0.717, 1.165) is 18.8 Å². The van der Waals surface area contributed by atoms with Crippen molar-refractivity contribution in [2.45, 2.75) is 33.9 Å². The van der Waals surface area contributed by atoms with Gasteiger partial charge in [0.15, 0.2) is 0 Å². The minimum absolute atomic E-state index is 0.814. The van der Waals surface area contributed by atoms with Crippen molar-refractivity contribution >= 4 is 0 Å². The first-order valence-electron chi connectivity index (χ1n) is 7.18. The molecule has 0 aliphatic carbocycles. The van der Waals surface area contributed by atoms with Crippen LogP contribution in [0.3, 0.4) is 0 Å². The average molecular weight is 280 g/mol. The fourth-order valence-electron chi connectivity index (χ4n) is 2.50.